The smallest absolute Gasteiger partial charge is 0.234 e. The second-order valence-corrected chi connectivity index (χ2v) is 2.93. The first-order valence-electron chi connectivity index (χ1n) is 4.55. The van der Waals surface area contributed by atoms with E-state index in [1.807, 2.05) is 0 Å². The molecule has 0 aliphatic carbocycles. The maximum absolute atomic E-state index is 10.8. The Morgan fingerprint density at radius 1 is 1.06 bits per heavy atom. The summed E-state index contributed by atoms with van der Waals surface area (Å²) in [6, 6.07) is 3.32. The highest BCUT2D eigenvalue weighted by molar-refractivity contribution is 5.78. The van der Waals surface area contributed by atoms with E-state index >= 15 is 0 Å². The summed E-state index contributed by atoms with van der Waals surface area (Å²) < 4.78 is 0. The van der Waals surface area contributed by atoms with Crippen molar-refractivity contribution in [3.63, 3.8) is 0 Å². The first-order chi connectivity index (χ1) is 7.60. The van der Waals surface area contributed by atoms with Crippen molar-refractivity contribution in [3.8, 4) is 12.1 Å². The van der Waals surface area contributed by atoms with Crippen LogP contribution in [0.15, 0.2) is 0 Å². The summed E-state index contributed by atoms with van der Waals surface area (Å²) in [5, 5.41) is 30.3. The Morgan fingerprint density at radius 2 is 1.44 bits per heavy atom. The molecular weight excluding hydrogens is 212 g/mol. The van der Waals surface area contributed by atoms with Crippen LogP contribution < -0.4 is 10.6 Å². The van der Waals surface area contributed by atoms with Gasteiger partial charge in [0.2, 0.25) is 11.8 Å². The molecular formula is C9H12N4O3. The van der Waals surface area contributed by atoms with Gasteiger partial charge in [-0.25, -0.2) is 0 Å². The van der Waals surface area contributed by atoms with Gasteiger partial charge in [-0.3, -0.25) is 9.59 Å². The molecule has 0 aromatic heterocycles. The maximum atomic E-state index is 10.8. The molecule has 0 atom stereocenters. The van der Waals surface area contributed by atoms with E-state index in [1.165, 1.54) is 0 Å². The number of nitrogens with one attached hydrogen (secondary N) is 2. The molecule has 0 aromatic carbocycles. The molecule has 3 N–H and O–H groups in total. The molecule has 16 heavy (non-hydrogen) atoms. The Balaban J connectivity index is 3.64. The quantitative estimate of drug-likeness (QED) is 0.501. The van der Waals surface area contributed by atoms with Gasteiger partial charge in [0, 0.05) is 13.1 Å². The van der Waals surface area contributed by atoms with Crippen molar-refractivity contribution in [1.82, 2.24) is 10.6 Å². The summed E-state index contributed by atoms with van der Waals surface area (Å²) in [5.41, 5.74) is 0. The molecule has 0 aliphatic rings. The molecule has 86 valence electrons. The number of aliphatic hydroxyl groups is 1. The predicted octanol–water partition coefficient (Wildman–Crippen LogP) is -1.59. The Morgan fingerprint density at radius 3 is 1.75 bits per heavy atom. The van der Waals surface area contributed by atoms with Gasteiger partial charge in [-0.05, 0) is 0 Å². The number of carbonyl (C=O) groups is 2. The summed E-state index contributed by atoms with van der Waals surface area (Å²) >= 11 is 0. The van der Waals surface area contributed by atoms with Crippen molar-refractivity contribution in [2.45, 2.75) is 18.9 Å². The zero-order chi connectivity index (χ0) is 12.4. The second-order valence-electron chi connectivity index (χ2n) is 2.93. The van der Waals surface area contributed by atoms with E-state index in [0.29, 0.717) is 0 Å². The summed E-state index contributed by atoms with van der Waals surface area (Å²) in [7, 11) is 0. The average molecular weight is 224 g/mol. The van der Waals surface area contributed by atoms with Gasteiger partial charge in [0.05, 0.1) is 18.2 Å². The van der Waals surface area contributed by atoms with Crippen molar-refractivity contribution < 1.29 is 14.7 Å². The SMILES string of the molecule is N#CCC(=O)NCC(O)CNC(=O)CC#N. The Kier molecular flexibility index (Phi) is 7.12. The third-order valence-electron chi connectivity index (χ3n) is 1.55. The molecule has 7 nitrogen and oxygen atoms in total. The molecule has 0 heterocycles. The van der Waals surface area contributed by atoms with E-state index < -0.39 is 17.9 Å². The first kappa shape index (κ1) is 13.9. The maximum Gasteiger partial charge on any atom is 0.234 e. The van der Waals surface area contributed by atoms with E-state index in [-0.39, 0.29) is 25.9 Å². The fraction of sp³-hybridized carbons (Fsp3) is 0.556. The summed E-state index contributed by atoms with van der Waals surface area (Å²) in [5.74, 6) is -0.963. The number of hydrogen-bond acceptors (Lipinski definition) is 5. The highest BCUT2D eigenvalue weighted by Crippen LogP contribution is 1.82. The minimum atomic E-state index is -0.940. The molecule has 0 aromatic rings. The average Bonchev–Trinajstić information content (AvgIpc) is 2.24. The number of aliphatic hydroxyl groups excluding tert-OH is 1. The highest BCUT2D eigenvalue weighted by Gasteiger charge is 2.08. The van der Waals surface area contributed by atoms with E-state index in [4.69, 9.17) is 10.5 Å². The number of nitriles is 2. The Hall–Kier alpha value is -2.12. The normalized spacial score (nSPS) is 9.00. The summed E-state index contributed by atoms with van der Waals surface area (Å²) in [6.07, 6.45) is -1.48. The lowest BCUT2D eigenvalue weighted by atomic mass is 10.3. The van der Waals surface area contributed by atoms with Crippen LogP contribution in [-0.2, 0) is 9.59 Å². The lowest BCUT2D eigenvalue weighted by Crippen LogP contribution is -2.39. The van der Waals surface area contributed by atoms with Crippen molar-refractivity contribution in [2.75, 3.05) is 13.1 Å². The number of amides is 2. The van der Waals surface area contributed by atoms with Crippen LogP contribution in [0.3, 0.4) is 0 Å². The lowest BCUT2D eigenvalue weighted by molar-refractivity contribution is -0.120. The topological polar surface area (TPSA) is 126 Å². The molecule has 0 rings (SSSR count). The predicted molar refractivity (Wildman–Crippen MR) is 52.5 cm³/mol. The van der Waals surface area contributed by atoms with Gasteiger partial charge < -0.3 is 15.7 Å². The van der Waals surface area contributed by atoms with Crippen molar-refractivity contribution in [3.05, 3.63) is 0 Å². The van der Waals surface area contributed by atoms with Crippen LogP contribution in [0.4, 0.5) is 0 Å². The second kappa shape index (κ2) is 8.21. The van der Waals surface area contributed by atoms with E-state index in [2.05, 4.69) is 10.6 Å². The standard InChI is InChI=1S/C9H12N4O3/c10-3-1-8(15)12-5-7(14)6-13-9(16)2-4-11/h7,14H,1-2,5-6H2,(H,12,15)(H,13,16). The third-order valence-corrected chi connectivity index (χ3v) is 1.55. The van der Waals surface area contributed by atoms with Gasteiger partial charge in [-0.15, -0.1) is 0 Å². The zero-order valence-corrected chi connectivity index (χ0v) is 8.56. The number of rotatable bonds is 6. The summed E-state index contributed by atoms with van der Waals surface area (Å²) in [4.78, 5) is 21.6. The molecule has 0 radical (unpaired) electrons. The lowest BCUT2D eigenvalue weighted by Gasteiger charge is -2.11. The van der Waals surface area contributed by atoms with Gasteiger partial charge in [0.1, 0.15) is 12.8 Å². The van der Waals surface area contributed by atoms with Gasteiger partial charge in [-0.2, -0.15) is 10.5 Å². The van der Waals surface area contributed by atoms with Crippen LogP contribution in [0, 0.1) is 22.7 Å². The number of hydrogen-bond donors (Lipinski definition) is 3. The molecule has 0 bridgehead atoms. The summed E-state index contributed by atoms with van der Waals surface area (Å²) in [6.45, 7) is -0.0965. The Bertz CT molecular complexity index is 297. The molecule has 0 aliphatic heterocycles. The van der Waals surface area contributed by atoms with Crippen LogP contribution in [0.2, 0.25) is 0 Å². The number of carbonyl (C=O) groups excluding carboxylic acids is 2. The van der Waals surface area contributed by atoms with Crippen LogP contribution >= 0.6 is 0 Å². The molecule has 2 amide bonds. The van der Waals surface area contributed by atoms with Crippen molar-refractivity contribution >= 4 is 11.8 Å². The van der Waals surface area contributed by atoms with Crippen LogP contribution in [-0.4, -0.2) is 36.1 Å². The molecule has 0 fully saturated rings. The van der Waals surface area contributed by atoms with Crippen LogP contribution in [0.1, 0.15) is 12.8 Å². The fourth-order valence-corrected chi connectivity index (χ4v) is 0.804. The van der Waals surface area contributed by atoms with E-state index in [0.717, 1.165) is 0 Å². The monoisotopic (exact) mass is 224 g/mol. The highest BCUT2D eigenvalue weighted by atomic mass is 16.3. The zero-order valence-electron chi connectivity index (χ0n) is 8.56. The molecule has 0 saturated heterocycles. The van der Waals surface area contributed by atoms with Crippen molar-refractivity contribution in [1.29, 1.82) is 10.5 Å². The van der Waals surface area contributed by atoms with Gasteiger partial charge in [-0.1, -0.05) is 0 Å². The van der Waals surface area contributed by atoms with Gasteiger partial charge in [0.25, 0.3) is 0 Å². The molecule has 0 spiro atoms. The Labute approximate surface area is 92.7 Å². The van der Waals surface area contributed by atoms with Gasteiger partial charge >= 0.3 is 0 Å². The number of nitrogens with zero attached hydrogens (tertiary/aromatic N) is 2. The first-order valence-corrected chi connectivity index (χ1v) is 4.55. The minimum absolute atomic E-state index is 0.0483. The molecule has 0 unspecified atom stereocenters. The molecule has 7 heteroatoms. The van der Waals surface area contributed by atoms with Gasteiger partial charge in [0.15, 0.2) is 0 Å². The van der Waals surface area contributed by atoms with E-state index in [1.54, 1.807) is 12.1 Å². The van der Waals surface area contributed by atoms with Crippen LogP contribution in [0.5, 0.6) is 0 Å². The largest absolute Gasteiger partial charge is 0.389 e. The fourth-order valence-electron chi connectivity index (χ4n) is 0.804. The van der Waals surface area contributed by atoms with Crippen LogP contribution in [0.25, 0.3) is 0 Å². The molecule has 0 saturated carbocycles. The minimum Gasteiger partial charge on any atom is -0.389 e. The third kappa shape index (κ3) is 7.30. The van der Waals surface area contributed by atoms with E-state index in [9.17, 15) is 14.7 Å². The van der Waals surface area contributed by atoms with Crippen molar-refractivity contribution in [2.24, 2.45) is 0 Å².